The molecule has 17 heavy (non-hydrogen) atoms. The summed E-state index contributed by atoms with van der Waals surface area (Å²) >= 11 is -2.08. The fraction of sp³-hybridized carbons (Fsp3) is 0.222. The van der Waals surface area contributed by atoms with Gasteiger partial charge in [0, 0.05) is 0 Å². The minimum atomic E-state index is -2.08. The number of halogens is 2. The fourth-order valence-electron chi connectivity index (χ4n) is 1.21. The summed E-state index contributed by atoms with van der Waals surface area (Å²) in [5, 5.41) is 10.8. The molecule has 0 aromatic heterocycles. The maximum absolute atomic E-state index is 10.8. The first-order valence-corrected chi connectivity index (χ1v) is 9.71. The second-order valence-corrected chi connectivity index (χ2v) is 8.55. The summed E-state index contributed by atoms with van der Waals surface area (Å²) in [5.41, 5.74) is 0.354. The van der Waals surface area contributed by atoms with Gasteiger partial charge in [-0.25, -0.2) is 0 Å². The van der Waals surface area contributed by atoms with Crippen LogP contribution in [0.4, 0.5) is 5.69 Å². The zero-order valence-corrected chi connectivity index (χ0v) is 12.2. The molecule has 0 aliphatic heterocycles. The van der Waals surface area contributed by atoms with E-state index < -0.39 is 18.4 Å². The third kappa shape index (κ3) is 3.63. The van der Waals surface area contributed by atoms with E-state index in [-0.39, 0.29) is 11.4 Å². The molecular weight excluding hydrogens is 358 g/mol. The van der Waals surface area contributed by atoms with Crippen molar-refractivity contribution >= 4 is 29.7 Å². The predicted molar refractivity (Wildman–Crippen MR) is 63.1 cm³/mol. The van der Waals surface area contributed by atoms with Gasteiger partial charge in [-0.3, -0.25) is 0 Å². The van der Waals surface area contributed by atoms with Crippen molar-refractivity contribution in [1.82, 2.24) is 0 Å². The summed E-state index contributed by atoms with van der Waals surface area (Å²) in [6.07, 6.45) is 0. The van der Waals surface area contributed by atoms with E-state index in [1.807, 2.05) is 0 Å². The zero-order valence-electron chi connectivity index (χ0n) is 8.92. The summed E-state index contributed by atoms with van der Waals surface area (Å²) in [5.74, 6) is 0.569. The van der Waals surface area contributed by atoms with Crippen LogP contribution in [0.5, 0.6) is 11.5 Å². The number of rotatable bonds is 4. The van der Waals surface area contributed by atoms with E-state index in [1.54, 1.807) is 4.61 Å². The molecule has 0 radical (unpaired) electrons. The first-order valence-electron chi connectivity index (χ1n) is 4.23. The number of nitrogens with zero attached hydrogens (tertiary/aromatic N) is 1. The van der Waals surface area contributed by atoms with E-state index in [4.69, 9.17) is 28.9 Å². The Balaban J connectivity index is 3.44. The van der Waals surface area contributed by atoms with Crippen LogP contribution >= 0.6 is 19.4 Å². The van der Waals surface area contributed by atoms with Gasteiger partial charge in [-0.1, -0.05) is 0 Å². The topological polar surface area (TPSA) is 61.6 Å². The Labute approximate surface area is 111 Å². The maximum atomic E-state index is 10.8. The third-order valence-electron chi connectivity index (χ3n) is 1.92. The van der Waals surface area contributed by atoms with Crippen LogP contribution in [0, 0.1) is 10.1 Å². The van der Waals surface area contributed by atoms with Crippen molar-refractivity contribution in [2.75, 3.05) is 14.2 Å². The van der Waals surface area contributed by atoms with Crippen molar-refractivity contribution < 1.29 is 27.9 Å². The van der Waals surface area contributed by atoms with Crippen LogP contribution < -0.4 is 9.47 Å². The molecule has 0 bridgehead atoms. The van der Waals surface area contributed by atoms with Crippen LogP contribution in [0.2, 0.25) is 0 Å². The Bertz CT molecular complexity index is 474. The average molecular weight is 367 g/mol. The molecule has 0 fully saturated rings. The molecule has 96 valence electrons. The molecule has 0 aliphatic carbocycles. The molecule has 0 unspecified atom stereocenters. The molecule has 1 aromatic rings. The molecule has 1 aromatic carbocycles. The summed E-state index contributed by atoms with van der Waals surface area (Å²) < 4.78 is 11.6. The third-order valence-corrected chi connectivity index (χ3v) is 3.75. The summed E-state index contributed by atoms with van der Waals surface area (Å²) in [6.45, 7) is 0. The van der Waals surface area contributed by atoms with Gasteiger partial charge in [0.1, 0.15) is 0 Å². The van der Waals surface area contributed by atoms with Gasteiger partial charge in [0.25, 0.3) is 0 Å². The number of benzene rings is 1. The van der Waals surface area contributed by atoms with Gasteiger partial charge >= 0.3 is 111 Å². The van der Waals surface area contributed by atoms with Crippen molar-refractivity contribution in [2.45, 2.75) is 0 Å². The van der Waals surface area contributed by atoms with Crippen LogP contribution in [0.1, 0.15) is 5.56 Å². The Hall–Kier alpha value is -0.707. The van der Waals surface area contributed by atoms with E-state index in [0.29, 0.717) is 11.3 Å². The summed E-state index contributed by atoms with van der Waals surface area (Å²) in [6, 6.07) is 2.78. The number of hydrogen-bond acceptors (Lipinski definition) is 4. The van der Waals surface area contributed by atoms with Crippen molar-refractivity contribution in [2.24, 2.45) is 0 Å². The molecule has 8 heteroatoms. The molecule has 1 rings (SSSR count). The van der Waals surface area contributed by atoms with E-state index in [2.05, 4.69) is 0 Å². The van der Waals surface area contributed by atoms with E-state index in [0.717, 1.165) is 0 Å². The average Bonchev–Trinajstić information content (AvgIpc) is 2.27. The van der Waals surface area contributed by atoms with Crippen molar-refractivity contribution in [3.8, 4) is 11.5 Å². The molecule has 0 heterocycles. The second-order valence-electron chi connectivity index (χ2n) is 2.83. The van der Waals surface area contributed by atoms with Gasteiger partial charge < -0.3 is 0 Å². The SMILES string of the molecule is COc1cc(OC)c([N+](=O)[O-])cc1[CH]=[Ru]([Cl])[Cl]. The number of methoxy groups -OCH3 is 2. The fourth-order valence-corrected chi connectivity index (χ4v) is 3.00. The van der Waals surface area contributed by atoms with Gasteiger partial charge in [-0.2, -0.15) is 0 Å². The number of nitro groups is 1. The van der Waals surface area contributed by atoms with Crippen molar-refractivity contribution in [3.63, 3.8) is 0 Å². The van der Waals surface area contributed by atoms with Gasteiger partial charge in [0.2, 0.25) is 0 Å². The summed E-state index contributed by atoms with van der Waals surface area (Å²) in [4.78, 5) is 10.3. The van der Waals surface area contributed by atoms with Crippen LogP contribution in [-0.2, 0) is 13.5 Å². The van der Waals surface area contributed by atoms with Crippen LogP contribution in [0.15, 0.2) is 12.1 Å². The second kappa shape index (κ2) is 6.29. The zero-order chi connectivity index (χ0) is 13.0. The predicted octanol–water partition coefficient (Wildman–Crippen LogP) is 2.69. The molecule has 0 saturated carbocycles. The molecular formula is C9H9Cl2NO4Ru. The van der Waals surface area contributed by atoms with E-state index >= 15 is 0 Å². The molecule has 0 amide bonds. The molecule has 0 saturated heterocycles. The van der Waals surface area contributed by atoms with Crippen molar-refractivity contribution in [1.29, 1.82) is 0 Å². The minimum absolute atomic E-state index is 0.131. The Kier molecular flexibility index (Phi) is 5.31. The monoisotopic (exact) mass is 367 g/mol. The Morgan fingerprint density at radius 2 is 1.88 bits per heavy atom. The van der Waals surface area contributed by atoms with Gasteiger partial charge in [-0.05, 0) is 0 Å². The van der Waals surface area contributed by atoms with Crippen LogP contribution in [0.3, 0.4) is 0 Å². The van der Waals surface area contributed by atoms with Crippen LogP contribution in [-0.4, -0.2) is 23.8 Å². The van der Waals surface area contributed by atoms with Crippen molar-refractivity contribution in [3.05, 3.63) is 27.8 Å². The molecule has 0 aliphatic rings. The quantitative estimate of drug-likeness (QED) is 0.467. The Morgan fingerprint density at radius 3 is 2.29 bits per heavy atom. The number of nitro benzene ring substituents is 1. The van der Waals surface area contributed by atoms with Gasteiger partial charge in [-0.15, -0.1) is 0 Å². The number of ether oxygens (including phenoxy) is 2. The first-order chi connectivity index (χ1) is 7.99. The van der Waals surface area contributed by atoms with E-state index in [1.165, 1.54) is 26.4 Å². The normalized spacial score (nSPS) is 10.7. The molecule has 0 N–H and O–H groups in total. The van der Waals surface area contributed by atoms with Gasteiger partial charge in [0.05, 0.1) is 0 Å². The summed E-state index contributed by atoms with van der Waals surface area (Å²) in [7, 11) is 14.3. The molecule has 5 nitrogen and oxygen atoms in total. The standard InChI is InChI=1S/C9H9NO4.2ClH.Ru/c1-6-4-7(10(11)12)9(14-3)5-8(6)13-2;;;/h1,4-5H,2-3H3;2*1H;/q;;;+2/p-2. The molecule has 0 spiro atoms. The molecule has 0 atom stereocenters. The van der Waals surface area contributed by atoms with Gasteiger partial charge in [0.15, 0.2) is 0 Å². The number of hydrogen-bond donors (Lipinski definition) is 0. The van der Waals surface area contributed by atoms with Crippen LogP contribution in [0.25, 0.3) is 0 Å². The first kappa shape index (κ1) is 14.4. The van der Waals surface area contributed by atoms with E-state index in [9.17, 15) is 10.1 Å². The Morgan fingerprint density at radius 1 is 1.29 bits per heavy atom.